The summed E-state index contributed by atoms with van der Waals surface area (Å²) in [6, 6.07) is 33.9. The fourth-order valence-electron chi connectivity index (χ4n) is 6.12. The standard InChI is InChI=1S/C39H33N3O4S/c1-5-45-38(44)34-26(4)40-39-42(36(34)32-21-18-25(3)46-32)37(43)33(47-39)23-29-22-31(27-12-8-6-9-13-27)41(30-19-16-24(2)17-20-30)35(29)28-14-10-7-11-15-28/h6-23,36H,5H2,1-4H3/b33-23+/t36-/m1/s1. The number of esters is 1. The first-order valence-electron chi connectivity index (χ1n) is 15.5. The van der Waals surface area contributed by atoms with Gasteiger partial charge in [-0.3, -0.25) is 9.36 Å². The highest BCUT2D eigenvalue weighted by Crippen LogP contribution is 2.37. The third-order valence-electron chi connectivity index (χ3n) is 8.27. The molecule has 0 radical (unpaired) electrons. The Kier molecular flexibility index (Phi) is 7.95. The first-order valence-corrected chi connectivity index (χ1v) is 16.4. The summed E-state index contributed by atoms with van der Waals surface area (Å²) < 4.78 is 15.7. The van der Waals surface area contributed by atoms with E-state index in [1.54, 1.807) is 24.5 Å². The molecular formula is C39H33N3O4S. The van der Waals surface area contributed by atoms with Gasteiger partial charge >= 0.3 is 5.97 Å². The van der Waals surface area contributed by atoms with E-state index < -0.39 is 12.0 Å². The van der Waals surface area contributed by atoms with Crippen LogP contribution in [0.15, 0.2) is 129 Å². The second-order valence-electron chi connectivity index (χ2n) is 11.5. The van der Waals surface area contributed by atoms with Gasteiger partial charge in [0.2, 0.25) is 0 Å². The highest BCUT2D eigenvalue weighted by molar-refractivity contribution is 7.07. The summed E-state index contributed by atoms with van der Waals surface area (Å²) in [7, 11) is 0. The normalized spacial score (nSPS) is 14.6. The van der Waals surface area contributed by atoms with Crippen LogP contribution in [0.3, 0.4) is 0 Å². The van der Waals surface area contributed by atoms with Crippen molar-refractivity contribution in [3.8, 4) is 28.2 Å². The molecule has 8 heteroatoms. The molecule has 0 amide bonds. The van der Waals surface area contributed by atoms with E-state index in [1.807, 2.05) is 55.5 Å². The summed E-state index contributed by atoms with van der Waals surface area (Å²) in [5, 5.41) is 0. The lowest BCUT2D eigenvalue weighted by molar-refractivity contribution is -0.139. The highest BCUT2D eigenvalue weighted by atomic mass is 32.1. The van der Waals surface area contributed by atoms with Crippen LogP contribution in [-0.2, 0) is 9.53 Å². The van der Waals surface area contributed by atoms with E-state index in [0.717, 1.165) is 33.8 Å². The second-order valence-corrected chi connectivity index (χ2v) is 12.5. The number of aryl methyl sites for hydroxylation is 2. The van der Waals surface area contributed by atoms with Crippen LogP contribution in [0.2, 0.25) is 0 Å². The van der Waals surface area contributed by atoms with Crippen molar-refractivity contribution in [3.05, 3.63) is 157 Å². The molecule has 0 spiro atoms. The van der Waals surface area contributed by atoms with Crippen LogP contribution in [0.1, 0.15) is 42.5 Å². The quantitative estimate of drug-likeness (QED) is 0.174. The number of allylic oxidation sites excluding steroid dienone is 1. The van der Waals surface area contributed by atoms with Gasteiger partial charge in [0.25, 0.3) is 5.56 Å². The molecule has 6 aromatic rings. The number of ether oxygens (including phenoxy) is 1. The summed E-state index contributed by atoms with van der Waals surface area (Å²) in [6.07, 6.45) is 1.94. The lowest BCUT2D eigenvalue weighted by Crippen LogP contribution is -2.39. The summed E-state index contributed by atoms with van der Waals surface area (Å²) in [4.78, 5) is 32.9. The molecule has 234 valence electrons. The van der Waals surface area contributed by atoms with Crippen LogP contribution in [-0.4, -0.2) is 21.7 Å². The number of rotatable bonds is 7. The SMILES string of the molecule is CCOC(=O)C1=C(C)N=c2s/c(=C/c3cc(-c4ccccc4)n(-c4ccc(C)cc4)c3-c3ccccc3)c(=O)n2[C@@H]1c1ccc(C)o1. The van der Waals surface area contributed by atoms with Crippen LogP contribution in [0.25, 0.3) is 34.3 Å². The van der Waals surface area contributed by atoms with Gasteiger partial charge in [0, 0.05) is 11.3 Å². The van der Waals surface area contributed by atoms with Gasteiger partial charge in [-0.05, 0) is 75.2 Å². The van der Waals surface area contributed by atoms with Gasteiger partial charge in [-0.2, -0.15) is 0 Å². The average Bonchev–Trinajstić information content (AvgIpc) is 3.77. The average molecular weight is 640 g/mol. The Morgan fingerprint density at radius 3 is 2.23 bits per heavy atom. The molecule has 3 aromatic carbocycles. The van der Waals surface area contributed by atoms with E-state index in [-0.39, 0.29) is 12.2 Å². The molecule has 1 atom stereocenters. The number of hydrogen-bond donors (Lipinski definition) is 0. The van der Waals surface area contributed by atoms with Crippen molar-refractivity contribution < 1.29 is 13.9 Å². The molecule has 0 fully saturated rings. The number of benzene rings is 3. The second kappa shape index (κ2) is 12.4. The molecule has 1 aliphatic heterocycles. The Balaban J connectivity index is 1.51. The summed E-state index contributed by atoms with van der Waals surface area (Å²) in [5.74, 6) is 0.642. The third kappa shape index (κ3) is 5.51. The maximum absolute atomic E-state index is 14.4. The van der Waals surface area contributed by atoms with Gasteiger partial charge in [-0.1, -0.05) is 89.7 Å². The van der Waals surface area contributed by atoms with Gasteiger partial charge < -0.3 is 13.7 Å². The van der Waals surface area contributed by atoms with Crippen LogP contribution in [0.5, 0.6) is 0 Å². The number of hydrogen-bond acceptors (Lipinski definition) is 6. The van der Waals surface area contributed by atoms with E-state index >= 15 is 0 Å². The van der Waals surface area contributed by atoms with E-state index in [4.69, 9.17) is 14.1 Å². The summed E-state index contributed by atoms with van der Waals surface area (Å²) in [6.45, 7) is 7.64. The van der Waals surface area contributed by atoms with E-state index in [9.17, 15) is 9.59 Å². The monoisotopic (exact) mass is 639 g/mol. The molecule has 0 unspecified atom stereocenters. The van der Waals surface area contributed by atoms with Crippen molar-refractivity contribution in [1.82, 2.24) is 9.13 Å². The Hall–Kier alpha value is -5.47. The molecule has 0 aliphatic carbocycles. The Morgan fingerprint density at radius 2 is 1.60 bits per heavy atom. The number of fused-ring (bicyclic) bond motifs is 1. The molecule has 4 heterocycles. The minimum atomic E-state index is -0.799. The highest BCUT2D eigenvalue weighted by Gasteiger charge is 2.35. The maximum atomic E-state index is 14.4. The smallest absolute Gasteiger partial charge is 0.338 e. The summed E-state index contributed by atoms with van der Waals surface area (Å²) in [5.41, 5.74) is 7.61. The zero-order valence-electron chi connectivity index (χ0n) is 26.6. The van der Waals surface area contributed by atoms with Crippen LogP contribution < -0.4 is 14.9 Å². The van der Waals surface area contributed by atoms with E-state index in [1.165, 1.54) is 16.9 Å². The van der Waals surface area contributed by atoms with Crippen molar-refractivity contribution in [3.63, 3.8) is 0 Å². The number of furan rings is 1. The van der Waals surface area contributed by atoms with Gasteiger partial charge in [-0.25, -0.2) is 9.79 Å². The zero-order valence-corrected chi connectivity index (χ0v) is 27.4. The molecule has 0 bridgehead atoms. The number of nitrogens with zero attached hydrogens (tertiary/aromatic N) is 3. The van der Waals surface area contributed by atoms with Crippen LogP contribution in [0, 0.1) is 13.8 Å². The molecule has 47 heavy (non-hydrogen) atoms. The number of thiazole rings is 1. The number of carbonyl (C=O) groups is 1. The fraction of sp³-hybridized carbons (Fsp3) is 0.154. The van der Waals surface area contributed by atoms with Gasteiger partial charge in [0.1, 0.15) is 17.6 Å². The Morgan fingerprint density at radius 1 is 0.915 bits per heavy atom. The molecule has 0 saturated heterocycles. The molecule has 7 nitrogen and oxygen atoms in total. The minimum Gasteiger partial charge on any atom is -0.464 e. The number of carbonyl (C=O) groups excluding carboxylic acids is 1. The molecule has 3 aromatic heterocycles. The molecule has 0 saturated carbocycles. The molecule has 7 rings (SSSR count). The van der Waals surface area contributed by atoms with Gasteiger partial charge in [0.15, 0.2) is 4.80 Å². The predicted octanol–water partition coefficient (Wildman–Crippen LogP) is 7.13. The molecule has 0 N–H and O–H groups in total. The Bertz CT molecular complexity index is 2320. The fourth-order valence-corrected chi connectivity index (χ4v) is 7.15. The first-order chi connectivity index (χ1) is 22.8. The van der Waals surface area contributed by atoms with Crippen molar-refractivity contribution >= 4 is 23.4 Å². The minimum absolute atomic E-state index is 0.202. The topological polar surface area (TPSA) is 78.7 Å². The number of aromatic nitrogens is 2. The lowest BCUT2D eigenvalue weighted by Gasteiger charge is -2.22. The van der Waals surface area contributed by atoms with Crippen molar-refractivity contribution in [2.24, 2.45) is 4.99 Å². The Labute approximate surface area is 276 Å². The molecular weight excluding hydrogens is 607 g/mol. The van der Waals surface area contributed by atoms with Crippen LogP contribution in [0.4, 0.5) is 0 Å². The first kappa shape index (κ1) is 30.2. The summed E-state index contributed by atoms with van der Waals surface area (Å²) >= 11 is 1.30. The molecule has 1 aliphatic rings. The van der Waals surface area contributed by atoms with Crippen molar-refractivity contribution in [1.29, 1.82) is 0 Å². The zero-order chi connectivity index (χ0) is 32.7. The van der Waals surface area contributed by atoms with Gasteiger partial charge in [0.05, 0.1) is 33.8 Å². The van der Waals surface area contributed by atoms with Gasteiger partial charge in [-0.15, -0.1) is 0 Å². The third-order valence-corrected chi connectivity index (χ3v) is 9.26. The predicted molar refractivity (Wildman–Crippen MR) is 185 cm³/mol. The van der Waals surface area contributed by atoms with Crippen molar-refractivity contribution in [2.75, 3.05) is 6.61 Å². The lowest BCUT2D eigenvalue weighted by atomic mass is 10.0. The van der Waals surface area contributed by atoms with E-state index in [2.05, 4.69) is 66.1 Å². The maximum Gasteiger partial charge on any atom is 0.338 e. The van der Waals surface area contributed by atoms with E-state index in [0.29, 0.717) is 32.1 Å². The van der Waals surface area contributed by atoms with Crippen LogP contribution >= 0.6 is 11.3 Å². The van der Waals surface area contributed by atoms with Crippen molar-refractivity contribution in [2.45, 2.75) is 33.7 Å². The largest absolute Gasteiger partial charge is 0.464 e.